The fourth-order valence-electron chi connectivity index (χ4n) is 2.71. The van der Waals surface area contributed by atoms with E-state index in [0.29, 0.717) is 6.54 Å². The van der Waals surface area contributed by atoms with Crippen molar-refractivity contribution in [2.75, 3.05) is 13.1 Å². The minimum Gasteiger partial charge on any atom is -0.352 e. The molecule has 1 aliphatic heterocycles. The number of fused-ring (bicyclic) bond motifs is 1. The number of carbonyl (C=O) groups is 1. The van der Waals surface area contributed by atoms with Crippen molar-refractivity contribution in [2.45, 2.75) is 19.4 Å². The Hall–Kier alpha value is -1.94. The third-order valence-corrected chi connectivity index (χ3v) is 3.84. The van der Waals surface area contributed by atoms with Crippen molar-refractivity contribution < 1.29 is 4.79 Å². The topological polar surface area (TPSA) is 54.0 Å². The largest absolute Gasteiger partial charge is 0.352 e. The fraction of sp³-hybridized carbons (Fsp3) is 0.375. The van der Waals surface area contributed by atoms with Crippen LogP contribution in [0.1, 0.15) is 18.4 Å². The highest BCUT2D eigenvalue weighted by Gasteiger charge is 2.20. The molecule has 4 heteroatoms. The van der Waals surface area contributed by atoms with Crippen LogP contribution in [0.4, 0.5) is 0 Å². The van der Waals surface area contributed by atoms with E-state index in [4.69, 9.17) is 0 Å². The average Bonchev–Trinajstić information content (AvgIpc) is 2.53. The van der Waals surface area contributed by atoms with Gasteiger partial charge in [-0.3, -0.25) is 9.78 Å². The Bertz CT molecular complexity index is 600. The van der Waals surface area contributed by atoms with Gasteiger partial charge in [0.2, 0.25) is 5.91 Å². The van der Waals surface area contributed by atoms with Gasteiger partial charge < -0.3 is 10.6 Å². The number of benzene rings is 1. The molecular formula is C16H19N3O. The zero-order valence-electron chi connectivity index (χ0n) is 11.4. The smallest absolute Gasteiger partial charge is 0.224 e. The predicted molar refractivity (Wildman–Crippen MR) is 79.2 cm³/mol. The normalized spacial score (nSPS) is 18.9. The molecule has 0 spiro atoms. The minimum atomic E-state index is 0.103. The SMILES string of the molecule is O=C(NCc1cccc2cccnc12)[C@@H]1CCCNC1. The maximum Gasteiger partial charge on any atom is 0.224 e. The molecule has 1 atom stereocenters. The predicted octanol–water partition coefficient (Wildman–Crippen LogP) is 1.85. The molecule has 0 bridgehead atoms. The Morgan fingerprint density at radius 1 is 1.35 bits per heavy atom. The standard InChI is InChI=1S/C16H19N3O/c20-16(14-7-2-8-17-10-14)19-11-13-5-1-4-12-6-3-9-18-15(12)13/h1,3-6,9,14,17H,2,7-8,10-11H2,(H,19,20)/t14-/m1/s1. The summed E-state index contributed by atoms with van der Waals surface area (Å²) in [6.07, 6.45) is 3.85. The molecular weight excluding hydrogens is 250 g/mol. The Kier molecular flexibility index (Phi) is 3.92. The number of pyridine rings is 1. The molecule has 2 heterocycles. The van der Waals surface area contributed by atoms with Gasteiger partial charge in [-0.2, -0.15) is 0 Å². The Morgan fingerprint density at radius 2 is 2.25 bits per heavy atom. The quantitative estimate of drug-likeness (QED) is 0.894. The lowest BCUT2D eigenvalue weighted by molar-refractivity contribution is -0.125. The van der Waals surface area contributed by atoms with E-state index >= 15 is 0 Å². The molecule has 1 fully saturated rings. The van der Waals surface area contributed by atoms with Crippen molar-refractivity contribution in [3.05, 3.63) is 42.1 Å². The summed E-state index contributed by atoms with van der Waals surface area (Å²) in [7, 11) is 0. The second-order valence-electron chi connectivity index (χ2n) is 5.25. The molecule has 2 aromatic rings. The van der Waals surface area contributed by atoms with Crippen LogP contribution in [0.15, 0.2) is 36.5 Å². The maximum atomic E-state index is 12.1. The summed E-state index contributed by atoms with van der Waals surface area (Å²) >= 11 is 0. The van der Waals surface area contributed by atoms with Gasteiger partial charge in [0.1, 0.15) is 0 Å². The van der Waals surface area contributed by atoms with Crippen LogP contribution >= 0.6 is 0 Å². The van der Waals surface area contributed by atoms with Crippen molar-refractivity contribution in [2.24, 2.45) is 5.92 Å². The third-order valence-electron chi connectivity index (χ3n) is 3.84. The molecule has 0 aliphatic carbocycles. The number of hydrogen-bond donors (Lipinski definition) is 2. The average molecular weight is 269 g/mol. The Balaban J connectivity index is 1.69. The number of rotatable bonds is 3. The van der Waals surface area contributed by atoms with Gasteiger partial charge in [-0.15, -0.1) is 0 Å². The number of nitrogens with one attached hydrogen (secondary N) is 2. The van der Waals surface area contributed by atoms with Crippen molar-refractivity contribution in [1.82, 2.24) is 15.6 Å². The van der Waals surface area contributed by atoms with Crippen LogP contribution < -0.4 is 10.6 Å². The van der Waals surface area contributed by atoms with E-state index < -0.39 is 0 Å². The summed E-state index contributed by atoms with van der Waals surface area (Å²) in [6.45, 7) is 2.36. The van der Waals surface area contributed by atoms with Gasteiger partial charge in [-0.25, -0.2) is 0 Å². The van der Waals surface area contributed by atoms with Gasteiger partial charge in [0.05, 0.1) is 11.4 Å². The summed E-state index contributed by atoms with van der Waals surface area (Å²) < 4.78 is 0. The van der Waals surface area contributed by atoms with Gasteiger partial charge in [0.25, 0.3) is 0 Å². The molecule has 0 radical (unpaired) electrons. The zero-order chi connectivity index (χ0) is 13.8. The van der Waals surface area contributed by atoms with E-state index in [0.717, 1.165) is 42.4 Å². The molecule has 1 amide bonds. The lowest BCUT2D eigenvalue weighted by atomic mass is 9.98. The van der Waals surface area contributed by atoms with Crippen molar-refractivity contribution in [1.29, 1.82) is 0 Å². The van der Waals surface area contributed by atoms with Crippen LogP contribution in [0.5, 0.6) is 0 Å². The highest BCUT2D eigenvalue weighted by atomic mass is 16.1. The summed E-state index contributed by atoms with van der Waals surface area (Å²) in [6, 6.07) is 10.0. The Labute approximate surface area is 118 Å². The fourth-order valence-corrected chi connectivity index (χ4v) is 2.71. The molecule has 0 saturated carbocycles. The number of aromatic nitrogens is 1. The summed E-state index contributed by atoms with van der Waals surface area (Å²) in [5.74, 6) is 0.247. The highest BCUT2D eigenvalue weighted by molar-refractivity contribution is 5.83. The molecule has 3 rings (SSSR count). The first kappa shape index (κ1) is 13.1. The van der Waals surface area contributed by atoms with Crippen LogP contribution in [-0.2, 0) is 11.3 Å². The van der Waals surface area contributed by atoms with E-state index in [1.165, 1.54) is 0 Å². The number of para-hydroxylation sites is 1. The highest BCUT2D eigenvalue weighted by Crippen LogP contribution is 2.16. The molecule has 104 valence electrons. The van der Waals surface area contributed by atoms with Gasteiger partial charge in [-0.05, 0) is 31.0 Å². The van der Waals surface area contributed by atoms with E-state index in [-0.39, 0.29) is 11.8 Å². The molecule has 1 aromatic carbocycles. The van der Waals surface area contributed by atoms with Crippen LogP contribution in [0.2, 0.25) is 0 Å². The number of piperidine rings is 1. The van der Waals surface area contributed by atoms with Crippen LogP contribution in [0.3, 0.4) is 0 Å². The lowest BCUT2D eigenvalue weighted by Crippen LogP contribution is -2.40. The number of hydrogen-bond acceptors (Lipinski definition) is 3. The summed E-state index contributed by atoms with van der Waals surface area (Å²) in [4.78, 5) is 16.5. The monoisotopic (exact) mass is 269 g/mol. The maximum absolute atomic E-state index is 12.1. The molecule has 20 heavy (non-hydrogen) atoms. The number of amides is 1. The Morgan fingerprint density at radius 3 is 3.10 bits per heavy atom. The number of nitrogens with zero attached hydrogens (tertiary/aromatic N) is 1. The van der Waals surface area contributed by atoms with Crippen molar-refractivity contribution in [3.63, 3.8) is 0 Å². The van der Waals surface area contributed by atoms with Gasteiger partial charge in [-0.1, -0.05) is 24.3 Å². The number of carbonyl (C=O) groups excluding carboxylic acids is 1. The summed E-state index contributed by atoms with van der Waals surface area (Å²) in [5, 5.41) is 7.42. The van der Waals surface area contributed by atoms with Crippen LogP contribution in [0, 0.1) is 5.92 Å². The first-order chi connectivity index (χ1) is 9.84. The van der Waals surface area contributed by atoms with Gasteiger partial charge in [0.15, 0.2) is 0 Å². The van der Waals surface area contributed by atoms with Crippen molar-refractivity contribution in [3.8, 4) is 0 Å². The lowest BCUT2D eigenvalue weighted by Gasteiger charge is -2.22. The van der Waals surface area contributed by atoms with E-state index in [9.17, 15) is 4.79 Å². The van der Waals surface area contributed by atoms with Gasteiger partial charge in [0, 0.05) is 24.7 Å². The molecule has 1 saturated heterocycles. The summed E-state index contributed by atoms with van der Waals surface area (Å²) in [5.41, 5.74) is 2.04. The second-order valence-corrected chi connectivity index (χ2v) is 5.25. The van der Waals surface area contributed by atoms with E-state index in [1.807, 2.05) is 30.3 Å². The molecule has 1 aliphatic rings. The molecule has 0 unspecified atom stereocenters. The van der Waals surface area contributed by atoms with Gasteiger partial charge >= 0.3 is 0 Å². The second kappa shape index (κ2) is 6.01. The third kappa shape index (κ3) is 2.80. The molecule has 2 N–H and O–H groups in total. The van der Waals surface area contributed by atoms with E-state index in [1.54, 1.807) is 6.20 Å². The minimum absolute atomic E-state index is 0.103. The molecule has 1 aromatic heterocycles. The first-order valence-corrected chi connectivity index (χ1v) is 7.15. The first-order valence-electron chi connectivity index (χ1n) is 7.15. The van der Waals surface area contributed by atoms with E-state index in [2.05, 4.69) is 15.6 Å². The molecule has 4 nitrogen and oxygen atoms in total. The van der Waals surface area contributed by atoms with Crippen LogP contribution in [0.25, 0.3) is 10.9 Å². The zero-order valence-corrected chi connectivity index (χ0v) is 11.4. The van der Waals surface area contributed by atoms with Crippen LogP contribution in [-0.4, -0.2) is 24.0 Å². The van der Waals surface area contributed by atoms with Crippen molar-refractivity contribution >= 4 is 16.8 Å².